The highest BCUT2D eigenvalue weighted by Crippen LogP contribution is 2.11. The van der Waals surface area contributed by atoms with Gasteiger partial charge in [-0.15, -0.1) is 0 Å². The molecule has 0 unspecified atom stereocenters. The normalized spacial score (nSPS) is 18.1. The molecule has 1 aliphatic heterocycles. The molecule has 0 aromatic heterocycles. The Morgan fingerprint density at radius 1 is 1.47 bits per heavy atom. The smallest absolute Gasteiger partial charge is 0.0779 e. The largest absolute Gasteiger partial charge is 0.366 e. The van der Waals surface area contributed by atoms with E-state index in [2.05, 4.69) is 17.1 Å². The molecule has 1 saturated heterocycles. The summed E-state index contributed by atoms with van der Waals surface area (Å²) in [6, 6.07) is 0.394. The number of piperidine rings is 1. The molecule has 0 spiro atoms. The summed E-state index contributed by atoms with van der Waals surface area (Å²) in [5.74, 6) is 0. The van der Waals surface area contributed by atoms with Crippen molar-refractivity contribution in [2.24, 2.45) is 5.73 Å². The Morgan fingerprint density at radius 3 is 2.73 bits per heavy atom. The van der Waals surface area contributed by atoms with Crippen LogP contribution >= 0.6 is 12.2 Å². The van der Waals surface area contributed by atoms with Crippen molar-refractivity contribution < 1.29 is 0 Å². The maximum Gasteiger partial charge on any atom is 0.0779 e. The highest BCUT2D eigenvalue weighted by molar-refractivity contribution is 7.80. The molecule has 0 bridgehead atoms. The minimum atomic E-state index is 0.394. The highest BCUT2D eigenvalue weighted by atomic mass is 32.1. The first kappa shape index (κ1) is 12.9. The quantitative estimate of drug-likeness (QED) is 0.548. The zero-order valence-corrected chi connectivity index (χ0v) is 10.5. The average molecular weight is 229 g/mol. The third kappa shape index (κ3) is 4.91. The van der Waals surface area contributed by atoms with E-state index in [1.54, 1.807) is 0 Å². The van der Waals surface area contributed by atoms with Gasteiger partial charge in [-0.25, -0.2) is 0 Å². The molecule has 4 heteroatoms. The van der Waals surface area contributed by atoms with Crippen molar-refractivity contribution in [3.63, 3.8) is 0 Å². The van der Waals surface area contributed by atoms with E-state index < -0.39 is 0 Å². The third-order valence-corrected chi connectivity index (χ3v) is 3.35. The summed E-state index contributed by atoms with van der Waals surface area (Å²) < 4.78 is 0. The highest BCUT2D eigenvalue weighted by Gasteiger charge is 2.17. The lowest BCUT2D eigenvalue weighted by atomic mass is 10.1. The van der Waals surface area contributed by atoms with Crippen LogP contribution in [0.25, 0.3) is 0 Å². The third-order valence-electron chi connectivity index (χ3n) is 2.89. The molecule has 0 amide bonds. The minimum absolute atomic E-state index is 0.394. The van der Waals surface area contributed by atoms with Crippen LogP contribution in [-0.4, -0.2) is 42.1 Å². The second-order valence-electron chi connectivity index (χ2n) is 4.18. The number of hydrogen-bond donors (Lipinski definition) is 2. The Labute approximate surface area is 98.4 Å². The Balaban J connectivity index is 2.11. The lowest BCUT2D eigenvalue weighted by molar-refractivity contribution is 0.313. The van der Waals surface area contributed by atoms with Gasteiger partial charge in [0.25, 0.3) is 0 Å². The first-order valence-electron chi connectivity index (χ1n) is 5.98. The molecule has 15 heavy (non-hydrogen) atoms. The van der Waals surface area contributed by atoms with Gasteiger partial charge in [-0.3, -0.25) is 0 Å². The fourth-order valence-electron chi connectivity index (χ4n) is 1.85. The van der Waals surface area contributed by atoms with E-state index in [9.17, 15) is 0 Å². The molecular formula is C11H23N3S. The molecular weight excluding hydrogens is 206 g/mol. The Morgan fingerprint density at radius 2 is 2.13 bits per heavy atom. The number of nitrogens with two attached hydrogens (primary N) is 1. The van der Waals surface area contributed by atoms with Gasteiger partial charge in [0.1, 0.15) is 0 Å². The monoisotopic (exact) mass is 229 g/mol. The average Bonchev–Trinajstić information content (AvgIpc) is 2.25. The SMILES string of the molecule is CCNCCCC(=S)N1CCC(N)CC1. The van der Waals surface area contributed by atoms with Crippen molar-refractivity contribution in [2.75, 3.05) is 26.2 Å². The van der Waals surface area contributed by atoms with Gasteiger partial charge in [-0.1, -0.05) is 19.1 Å². The zero-order chi connectivity index (χ0) is 11.1. The number of hydrogen-bond acceptors (Lipinski definition) is 3. The molecule has 0 aromatic rings. The Kier molecular flexibility index (Phi) is 6.13. The molecule has 1 heterocycles. The molecule has 1 rings (SSSR count). The van der Waals surface area contributed by atoms with Gasteiger partial charge < -0.3 is 16.0 Å². The maximum atomic E-state index is 5.86. The number of nitrogens with zero attached hydrogens (tertiary/aromatic N) is 1. The van der Waals surface area contributed by atoms with Gasteiger partial charge in [0, 0.05) is 19.1 Å². The summed E-state index contributed by atoms with van der Waals surface area (Å²) in [6.45, 7) is 6.36. The van der Waals surface area contributed by atoms with Gasteiger partial charge in [0.2, 0.25) is 0 Å². The fraction of sp³-hybridized carbons (Fsp3) is 0.909. The predicted octanol–water partition coefficient (Wildman–Crippen LogP) is 1.13. The fourth-order valence-corrected chi connectivity index (χ4v) is 2.18. The summed E-state index contributed by atoms with van der Waals surface area (Å²) in [5, 5.41) is 3.32. The van der Waals surface area contributed by atoms with E-state index in [0.29, 0.717) is 6.04 Å². The van der Waals surface area contributed by atoms with Crippen molar-refractivity contribution in [3.8, 4) is 0 Å². The molecule has 0 aliphatic carbocycles. The van der Waals surface area contributed by atoms with Crippen molar-refractivity contribution in [2.45, 2.75) is 38.6 Å². The van der Waals surface area contributed by atoms with Crippen molar-refractivity contribution in [1.29, 1.82) is 0 Å². The molecule has 3 N–H and O–H groups in total. The number of thiocarbonyl (C=S) groups is 1. The van der Waals surface area contributed by atoms with Gasteiger partial charge in [0.15, 0.2) is 0 Å². The van der Waals surface area contributed by atoms with Crippen LogP contribution in [0, 0.1) is 0 Å². The van der Waals surface area contributed by atoms with Crippen LogP contribution in [0.5, 0.6) is 0 Å². The second kappa shape index (κ2) is 7.14. The maximum absolute atomic E-state index is 5.86. The van der Waals surface area contributed by atoms with E-state index >= 15 is 0 Å². The number of nitrogens with one attached hydrogen (secondary N) is 1. The molecule has 1 fully saturated rings. The van der Waals surface area contributed by atoms with Gasteiger partial charge in [-0.2, -0.15) is 0 Å². The summed E-state index contributed by atoms with van der Waals surface area (Å²) in [6.07, 6.45) is 4.37. The Bertz CT molecular complexity index is 188. The molecule has 0 saturated carbocycles. The predicted molar refractivity (Wildman–Crippen MR) is 69.2 cm³/mol. The molecule has 1 aliphatic rings. The topological polar surface area (TPSA) is 41.3 Å². The van der Waals surface area contributed by atoms with E-state index in [0.717, 1.165) is 56.9 Å². The van der Waals surface area contributed by atoms with Crippen LogP contribution in [-0.2, 0) is 0 Å². The van der Waals surface area contributed by atoms with Crippen molar-refractivity contribution in [1.82, 2.24) is 10.2 Å². The zero-order valence-electron chi connectivity index (χ0n) is 9.67. The lowest BCUT2D eigenvalue weighted by Crippen LogP contribution is -2.42. The van der Waals surface area contributed by atoms with Crippen LogP contribution in [0.3, 0.4) is 0 Å². The summed E-state index contributed by atoms with van der Waals surface area (Å²) >= 11 is 5.42. The van der Waals surface area contributed by atoms with Gasteiger partial charge >= 0.3 is 0 Å². The van der Waals surface area contributed by atoms with E-state index in [1.165, 1.54) is 0 Å². The van der Waals surface area contributed by atoms with E-state index in [1.807, 2.05) is 0 Å². The Hall–Kier alpha value is -0.190. The minimum Gasteiger partial charge on any atom is -0.366 e. The lowest BCUT2D eigenvalue weighted by Gasteiger charge is -2.32. The molecule has 88 valence electrons. The van der Waals surface area contributed by atoms with E-state index in [-0.39, 0.29) is 0 Å². The standard InChI is InChI=1S/C11H23N3S/c1-2-13-7-3-4-11(15)14-8-5-10(12)6-9-14/h10,13H,2-9,12H2,1H3. The summed E-state index contributed by atoms with van der Waals surface area (Å²) in [4.78, 5) is 3.45. The van der Waals surface area contributed by atoms with Crippen molar-refractivity contribution in [3.05, 3.63) is 0 Å². The molecule has 0 radical (unpaired) electrons. The van der Waals surface area contributed by atoms with Gasteiger partial charge in [0.05, 0.1) is 4.99 Å². The van der Waals surface area contributed by atoms with Crippen LogP contribution in [0.15, 0.2) is 0 Å². The first-order chi connectivity index (χ1) is 7.24. The molecule has 3 nitrogen and oxygen atoms in total. The first-order valence-corrected chi connectivity index (χ1v) is 6.39. The molecule has 0 aromatic carbocycles. The number of likely N-dealkylation sites (tertiary alicyclic amines) is 1. The van der Waals surface area contributed by atoms with Gasteiger partial charge in [-0.05, 0) is 38.8 Å². The van der Waals surface area contributed by atoms with Crippen molar-refractivity contribution >= 4 is 17.2 Å². The second-order valence-corrected chi connectivity index (χ2v) is 4.65. The van der Waals surface area contributed by atoms with Crippen LogP contribution < -0.4 is 11.1 Å². The van der Waals surface area contributed by atoms with Crippen LogP contribution in [0.4, 0.5) is 0 Å². The molecule has 0 atom stereocenters. The van der Waals surface area contributed by atoms with Crippen LogP contribution in [0.2, 0.25) is 0 Å². The summed E-state index contributed by atoms with van der Waals surface area (Å²) in [5.41, 5.74) is 5.86. The summed E-state index contributed by atoms with van der Waals surface area (Å²) in [7, 11) is 0. The number of rotatable bonds is 5. The van der Waals surface area contributed by atoms with Crippen LogP contribution in [0.1, 0.15) is 32.6 Å². The van der Waals surface area contributed by atoms with E-state index in [4.69, 9.17) is 18.0 Å².